The summed E-state index contributed by atoms with van der Waals surface area (Å²) in [5.74, 6) is 1.37. The van der Waals surface area contributed by atoms with E-state index < -0.39 is 0 Å². The Labute approximate surface area is 186 Å². The minimum absolute atomic E-state index is 0.0930. The van der Waals surface area contributed by atoms with E-state index in [4.69, 9.17) is 9.47 Å². The number of hydrogen-bond acceptors (Lipinski definition) is 5. The van der Waals surface area contributed by atoms with Crippen LogP contribution < -0.4 is 20.1 Å². The highest BCUT2D eigenvalue weighted by atomic mass is 32.2. The van der Waals surface area contributed by atoms with Gasteiger partial charge in [0.05, 0.1) is 19.5 Å². The fraction of sp³-hybridized carbons (Fsp3) is 0.167. The third-order valence-electron chi connectivity index (χ3n) is 4.26. The van der Waals surface area contributed by atoms with Gasteiger partial charge in [-0.2, -0.15) is 0 Å². The van der Waals surface area contributed by atoms with Gasteiger partial charge in [0.15, 0.2) is 0 Å². The van der Waals surface area contributed by atoms with E-state index in [1.54, 1.807) is 31.4 Å². The molecule has 0 aliphatic carbocycles. The van der Waals surface area contributed by atoms with E-state index in [-0.39, 0.29) is 17.6 Å². The fourth-order valence-electron chi connectivity index (χ4n) is 2.75. The minimum Gasteiger partial charge on any atom is -0.497 e. The molecule has 0 saturated carbocycles. The highest BCUT2D eigenvalue weighted by Crippen LogP contribution is 2.22. The minimum atomic E-state index is -0.214. The zero-order chi connectivity index (χ0) is 22.1. The van der Waals surface area contributed by atoms with Crippen LogP contribution in [0.2, 0.25) is 0 Å². The van der Waals surface area contributed by atoms with Crippen LogP contribution >= 0.6 is 11.8 Å². The first-order chi connectivity index (χ1) is 15.1. The molecule has 0 bridgehead atoms. The summed E-state index contributed by atoms with van der Waals surface area (Å²) in [6, 6.07) is 21.6. The van der Waals surface area contributed by atoms with Gasteiger partial charge < -0.3 is 20.1 Å². The average Bonchev–Trinajstić information content (AvgIpc) is 2.80. The number of carbonyl (C=O) groups is 2. The Bertz CT molecular complexity index is 1020. The topological polar surface area (TPSA) is 76.7 Å². The largest absolute Gasteiger partial charge is 0.497 e. The van der Waals surface area contributed by atoms with Crippen LogP contribution in [-0.2, 0) is 4.79 Å². The molecular formula is C24H24N2O4S. The number of benzene rings is 3. The standard InChI is InChI=1S/C24H24N2O4S/c1-3-30-20-11-7-18(8-12-20)25-23(27)16-31-22-13-9-19(10-14-22)26-24(28)17-5-4-6-21(15-17)29-2/h4-15H,3,16H2,1-2H3,(H,25,27)(H,26,28). The molecule has 0 aliphatic rings. The molecule has 3 aromatic rings. The number of methoxy groups -OCH3 is 1. The van der Waals surface area contributed by atoms with Crippen molar-refractivity contribution in [2.75, 3.05) is 30.1 Å². The van der Waals surface area contributed by atoms with Crippen LogP contribution in [0.1, 0.15) is 17.3 Å². The second-order valence-corrected chi connectivity index (χ2v) is 7.55. The Hall–Kier alpha value is -3.45. The summed E-state index contributed by atoms with van der Waals surface area (Å²) in [6.07, 6.45) is 0. The zero-order valence-electron chi connectivity index (χ0n) is 17.4. The molecule has 0 fully saturated rings. The molecule has 3 rings (SSSR count). The van der Waals surface area contributed by atoms with Crippen LogP contribution in [0.4, 0.5) is 11.4 Å². The number of ether oxygens (including phenoxy) is 2. The van der Waals surface area contributed by atoms with Crippen molar-refractivity contribution in [1.82, 2.24) is 0 Å². The second-order valence-electron chi connectivity index (χ2n) is 6.50. The Morgan fingerprint density at radius 3 is 2.23 bits per heavy atom. The first-order valence-corrected chi connectivity index (χ1v) is 10.8. The third kappa shape index (κ3) is 6.79. The average molecular weight is 437 g/mol. The molecule has 7 heteroatoms. The summed E-state index contributed by atoms with van der Waals surface area (Å²) >= 11 is 1.42. The van der Waals surface area contributed by atoms with Crippen molar-refractivity contribution in [3.05, 3.63) is 78.4 Å². The number of rotatable bonds is 9. The molecule has 2 N–H and O–H groups in total. The molecule has 2 amide bonds. The number of carbonyl (C=O) groups excluding carboxylic acids is 2. The van der Waals surface area contributed by atoms with Crippen LogP contribution in [0, 0.1) is 0 Å². The fourth-order valence-corrected chi connectivity index (χ4v) is 3.45. The molecule has 0 atom stereocenters. The third-order valence-corrected chi connectivity index (χ3v) is 5.28. The molecule has 3 aromatic carbocycles. The van der Waals surface area contributed by atoms with Gasteiger partial charge in [-0.15, -0.1) is 11.8 Å². The quantitative estimate of drug-likeness (QED) is 0.458. The normalized spacial score (nSPS) is 10.3. The van der Waals surface area contributed by atoms with Crippen molar-refractivity contribution >= 4 is 35.0 Å². The lowest BCUT2D eigenvalue weighted by atomic mass is 10.2. The molecule has 0 spiro atoms. The smallest absolute Gasteiger partial charge is 0.255 e. The van der Waals surface area contributed by atoms with E-state index in [1.165, 1.54) is 11.8 Å². The van der Waals surface area contributed by atoms with Crippen LogP contribution in [0.15, 0.2) is 77.7 Å². The van der Waals surface area contributed by atoms with Crippen molar-refractivity contribution < 1.29 is 19.1 Å². The van der Waals surface area contributed by atoms with Gasteiger partial charge in [-0.1, -0.05) is 6.07 Å². The predicted molar refractivity (Wildman–Crippen MR) is 124 cm³/mol. The monoisotopic (exact) mass is 436 g/mol. The maximum atomic E-state index is 12.4. The van der Waals surface area contributed by atoms with Gasteiger partial charge >= 0.3 is 0 Å². The van der Waals surface area contributed by atoms with E-state index in [2.05, 4.69) is 10.6 Å². The molecule has 160 valence electrons. The van der Waals surface area contributed by atoms with Gasteiger partial charge in [0.2, 0.25) is 5.91 Å². The SMILES string of the molecule is CCOc1ccc(NC(=O)CSc2ccc(NC(=O)c3cccc(OC)c3)cc2)cc1. The van der Waals surface area contributed by atoms with Crippen LogP contribution in [0.25, 0.3) is 0 Å². The van der Waals surface area contributed by atoms with Crippen molar-refractivity contribution in [3.63, 3.8) is 0 Å². The van der Waals surface area contributed by atoms with Crippen LogP contribution in [0.5, 0.6) is 11.5 Å². The Morgan fingerprint density at radius 1 is 0.871 bits per heavy atom. The Morgan fingerprint density at radius 2 is 1.55 bits per heavy atom. The Balaban J connectivity index is 1.48. The van der Waals surface area contributed by atoms with Crippen molar-refractivity contribution in [2.24, 2.45) is 0 Å². The molecule has 31 heavy (non-hydrogen) atoms. The van der Waals surface area contributed by atoms with E-state index in [9.17, 15) is 9.59 Å². The van der Waals surface area contributed by atoms with Gasteiger partial charge in [-0.3, -0.25) is 9.59 Å². The van der Waals surface area contributed by atoms with E-state index in [0.717, 1.165) is 16.3 Å². The Kier molecular flexibility index (Phi) is 7.95. The maximum absolute atomic E-state index is 12.4. The van der Waals surface area contributed by atoms with Gasteiger partial charge in [0.25, 0.3) is 5.91 Å². The number of hydrogen-bond donors (Lipinski definition) is 2. The second kappa shape index (κ2) is 11.1. The summed E-state index contributed by atoms with van der Waals surface area (Å²) < 4.78 is 10.5. The van der Waals surface area contributed by atoms with E-state index in [0.29, 0.717) is 23.6 Å². The summed E-state index contributed by atoms with van der Waals surface area (Å²) in [6.45, 7) is 2.53. The van der Waals surface area contributed by atoms with Crippen molar-refractivity contribution in [1.29, 1.82) is 0 Å². The number of nitrogens with one attached hydrogen (secondary N) is 2. The molecule has 0 saturated heterocycles. The van der Waals surface area contributed by atoms with Gasteiger partial charge in [-0.05, 0) is 73.7 Å². The zero-order valence-corrected chi connectivity index (χ0v) is 18.2. The molecule has 0 aromatic heterocycles. The molecule has 0 aliphatic heterocycles. The molecule has 0 unspecified atom stereocenters. The highest BCUT2D eigenvalue weighted by molar-refractivity contribution is 8.00. The molecule has 6 nitrogen and oxygen atoms in total. The molecule has 0 radical (unpaired) electrons. The molecular weight excluding hydrogens is 412 g/mol. The molecule has 0 heterocycles. The summed E-state index contributed by atoms with van der Waals surface area (Å²) in [4.78, 5) is 25.5. The van der Waals surface area contributed by atoms with Crippen molar-refractivity contribution in [2.45, 2.75) is 11.8 Å². The lowest BCUT2D eigenvalue weighted by Gasteiger charge is -2.09. The number of thioether (sulfide) groups is 1. The number of amides is 2. The van der Waals surface area contributed by atoms with E-state index in [1.807, 2.05) is 55.5 Å². The van der Waals surface area contributed by atoms with Crippen molar-refractivity contribution in [3.8, 4) is 11.5 Å². The van der Waals surface area contributed by atoms with E-state index >= 15 is 0 Å². The number of anilines is 2. The maximum Gasteiger partial charge on any atom is 0.255 e. The van der Waals surface area contributed by atoms with Crippen LogP contribution in [-0.4, -0.2) is 31.3 Å². The summed E-state index contributed by atoms with van der Waals surface area (Å²) in [5.41, 5.74) is 1.92. The highest BCUT2D eigenvalue weighted by Gasteiger charge is 2.08. The predicted octanol–water partition coefficient (Wildman–Crippen LogP) is 5.08. The van der Waals surface area contributed by atoms with Gasteiger partial charge in [-0.25, -0.2) is 0 Å². The first-order valence-electron chi connectivity index (χ1n) is 9.78. The first kappa shape index (κ1) is 22.2. The lowest BCUT2D eigenvalue weighted by Crippen LogP contribution is -2.14. The van der Waals surface area contributed by atoms with Gasteiger partial charge in [0, 0.05) is 21.8 Å². The lowest BCUT2D eigenvalue weighted by molar-refractivity contribution is -0.113. The van der Waals surface area contributed by atoms with Crippen LogP contribution in [0.3, 0.4) is 0 Å². The van der Waals surface area contributed by atoms with Gasteiger partial charge in [0.1, 0.15) is 11.5 Å². The summed E-state index contributed by atoms with van der Waals surface area (Å²) in [7, 11) is 1.56. The summed E-state index contributed by atoms with van der Waals surface area (Å²) in [5, 5.41) is 5.72.